The summed E-state index contributed by atoms with van der Waals surface area (Å²) < 4.78 is 0.915. The Morgan fingerprint density at radius 1 is 1.06 bits per heavy atom. The molecule has 3 aliphatic rings. The van der Waals surface area contributed by atoms with Crippen LogP contribution in [0.1, 0.15) is 45.1 Å². The predicted octanol–water partition coefficient (Wildman–Crippen LogP) is 6.46. The minimum Gasteiger partial charge on any atom is -0.375 e. The third-order valence-electron chi connectivity index (χ3n) is 7.23. The topological polar surface area (TPSA) is 34.6 Å². The molecule has 2 fully saturated rings. The molecular formula is C28H38BrN5. The number of benzene rings is 1. The van der Waals surface area contributed by atoms with Gasteiger partial charge in [0, 0.05) is 43.5 Å². The van der Waals surface area contributed by atoms with E-state index in [1.54, 1.807) is 0 Å². The number of piperidine rings is 2. The first kappa shape index (κ1) is 24.8. The van der Waals surface area contributed by atoms with Crippen LogP contribution in [0, 0.1) is 5.92 Å². The van der Waals surface area contributed by atoms with E-state index in [0.717, 1.165) is 56.0 Å². The zero-order valence-electron chi connectivity index (χ0n) is 20.6. The highest BCUT2D eigenvalue weighted by Gasteiger charge is 2.33. The van der Waals surface area contributed by atoms with Crippen LogP contribution in [0.4, 0.5) is 11.4 Å². The third-order valence-corrected chi connectivity index (χ3v) is 7.66. The standard InChI is InChI=1S/C26H32BrN5.C2H6/c1-19(22-8-13-30(14-9-22)18-21-7-12-28-26(27)17-21)31-15-10-23(11-16-31)32-20(2)29-24-5-3-4-6-25(24)32;1-2/h3-7,12,17,22-23,29H,1-2,8-11,13-16,18H2;1-2H3. The number of nitrogens with zero attached hydrogens (tertiary/aromatic N) is 4. The van der Waals surface area contributed by atoms with Crippen molar-refractivity contribution in [2.24, 2.45) is 5.92 Å². The molecule has 0 aliphatic carbocycles. The molecule has 0 radical (unpaired) electrons. The number of anilines is 2. The van der Waals surface area contributed by atoms with Crippen LogP contribution < -0.4 is 10.2 Å². The molecule has 0 saturated carbocycles. The SMILES string of the molecule is C=C(C1CCN(Cc2ccnc(Br)c2)CC1)N1CCC(N2C(=C)Nc3ccccc32)CC1.CC. The smallest absolute Gasteiger partial charge is 0.106 e. The van der Waals surface area contributed by atoms with E-state index in [-0.39, 0.29) is 0 Å². The van der Waals surface area contributed by atoms with Crippen molar-refractivity contribution in [2.75, 3.05) is 36.4 Å². The van der Waals surface area contributed by atoms with Crippen molar-refractivity contribution in [1.29, 1.82) is 0 Å². The quantitative estimate of drug-likeness (QED) is 0.454. The van der Waals surface area contributed by atoms with Crippen LogP contribution >= 0.6 is 15.9 Å². The van der Waals surface area contributed by atoms with Gasteiger partial charge in [0.05, 0.1) is 11.4 Å². The molecule has 5 nitrogen and oxygen atoms in total. The molecule has 0 bridgehead atoms. The number of pyridine rings is 1. The molecule has 5 rings (SSSR count). The van der Waals surface area contributed by atoms with E-state index in [1.165, 1.54) is 35.5 Å². The summed E-state index contributed by atoms with van der Waals surface area (Å²) >= 11 is 3.48. The molecule has 1 N–H and O–H groups in total. The maximum absolute atomic E-state index is 4.55. The maximum Gasteiger partial charge on any atom is 0.106 e. The van der Waals surface area contributed by atoms with Crippen LogP contribution in [0.3, 0.4) is 0 Å². The number of para-hydroxylation sites is 2. The van der Waals surface area contributed by atoms with Crippen molar-refractivity contribution >= 4 is 27.3 Å². The summed E-state index contributed by atoms with van der Waals surface area (Å²) in [6, 6.07) is 13.3. The van der Waals surface area contributed by atoms with Crippen LogP contribution in [0.25, 0.3) is 0 Å². The second-order valence-corrected chi connectivity index (χ2v) is 10.0. The van der Waals surface area contributed by atoms with Crippen molar-refractivity contribution in [3.8, 4) is 0 Å². The van der Waals surface area contributed by atoms with Crippen LogP contribution in [-0.4, -0.2) is 47.0 Å². The second kappa shape index (κ2) is 11.4. The monoisotopic (exact) mass is 523 g/mol. The maximum atomic E-state index is 4.55. The normalized spacial score (nSPS) is 19.3. The number of rotatable bonds is 5. The van der Waals surface area contributed by atoms with Crippen molar-refractivity contribution in [3.63, 3.8) is 0 Å². The Labute approximate surface area is 213 Å². The summed E-state index contributed by atoms with van der Waals surface area (Å²) in [5, 5.41) is 3.44. The van der Waals surface area contributed by atoms with Crippen molar-refractivity contribution in [3.05, 3.63) is 77.4 Å². The van der Waals surface area contributed by atoms with Crippen LogP contribution in [0.2, 0.25) is 0 Å². The highest BCUT2D eigenvalue weighted by molar-refractivity contribution is 9.10. The Bertz CT molecular complexity index is 990. The lowest BCUT2D eigenvalue weighted by Crippen LogP contribution is -2.45. The van der Waals surface area contributed by atoms with Gasteiger partial charge in [-0.15, -0.1) is 0 Å². The van der Waals surface area contributed by atoms with Crippen LogP contribution in [0.15, 0.2) is 71.9 Å². The first-order valence-corrected chi connectivity index (χ1v) is 13.5. The summed E-state index contributed by atoms with van der Waals surface area (Å²) in [6.07, 6.45) is 6.56. The average molecular weight is 525 g/mol. The molecule has 4 heterocycles. The average Bonchev–Trinajstić information content (AvgIpc) is 3.21. The van der Waals surface area contributed by atoms with Crippen molar-refractivity contribution in [1.82, 2.24) is 14.8 Å². The van der Waals surface area contributed by atoms with E-state index in [1.807, 2.05) is 20.0 Å². The van der Waals surface area contributed by atoms with Crippen molar-refractivity contribution < 1.29 is 0 Å². The molecule has 0 unspecified atom stereocenters. The highest BCUT2D eigenvalue weighted by Crippen LogP contribution is 2.39. The fraction of sp³-hybridized carbons (Fsp3) is 0.464. The minimum atomic E-state index is 0.504. The molecular weight excluding hydrogens is 486 g/mol. The Hall–Kier alpha value is -2.31. The van der Waals surface area contributed by atoms with Gasteiger partial charge in [0.2, 0.25) is 0 Å². The fourth-order valence-electron chi connectivity index (χ4n) is 5.46. The number of halogens is 1. The number of nitrogens with one attached hydrogen (secondary N) is 1. The molecule has 0 amide bonds. The molecule has 3 aliphatic heterocycles. The molecule has 34 heavy (non-hydrogen) atoms. The Kier molecular flexibility index (Phi) is 8.32. The number of fused-ring (bicyclic) bond motifs is 1. The Morgan fingerprint density at radius 3 is 2.47 bits per heavy atom. The lowest BCUT2D eigenvalue weighted by atomic mass is 9.91. The molecule has 0 spiro atoms. The van der Waals surface area contributed by atoms with Crippen molar-refractivity contribution in [2.45, 2.75) is 52.1 Å². The van der Waals surface area contributed by atoms with Crippen LogP contribution in [-0.2, 0) is 6.54 Å². The largest absolute Gasteiger partial charge is 0.375 e. The summed E-state index contributed by atoms with van der Waals surface area (Å²) in [5.74, 6) is 1.62. The fourth-order valence-corrected chi connectivity index (χ4v) is 5.87. The molecule has 182 valence electrons. The number of aromatic nitrogens is 1. The van der Waals surface area contributed by atoms with Crippen LogP contribution in [0.5, 0.6) is 0 Å². The van der Waals surface area contributed by atoms with Gasteiger partial charge >= 0.3 is 0 Å². The predicted molar refractivity (Wildman–Crippen MR) is 147 cm³/mol. The molecule has 2 saturated heterocycles. The number of allylic oxidation sites excluding steroid dienone is 1. The molecule has 2 aromatic rings. The van der Waals surface area contributed by atoms with E-state index < -0.39 is 0 Å². The lowest BCUT2D eigenvalue weighted by Gasteiger charge is -2.42. The first-order valence-electron chi connectivity index (χ1n) is 12.7. The molecule has 6 heteroatoms. The summed E-state index contributed by atoms with van der Waals surface area (Å²) in [5.41, 5.74) is 5.12. The molecule has 1 aromatic heterocycles. The van der Waals surface area contributed by atoms with E-state index in [9.17, 15) is 0 Å². The second-order valence-electron chi connectivity index (χ2n) is 9.21. The molecule has 0 atom stereocenters. The van der Waals surface area contributed by atoms with Gasteiger partial charge in [-0.3, -0.25) is 4.90 Å². The van der Waals surface area contributed by atoms with Gasteiger partial charge in [-0.05, 0) is 84.5 Å². The van der Waals surface area contributed by atoms with E-state index in [2.05, 4.69) is 90.5 Å². The van der Waals surface area contributed by atoms with Gasteiger partial charge in [0.1, 0.15) is 10.4 Å². The molecule has 1 aromatic carbocycles. The number of hydrogen-bond donors (Lipinski definition) is 1. The van der Waals surface area contributed by atoms with Gasteiger partial charge in [-0.25, -0.2) is 4.98 Å². The zero-order chi connectivity index (χ0) is 24.1. The number of likely N-dealkylation sites (tertiary alicyclic amines) is 2. The van der Waals surface area contributed by atoms with E-state index >= 15 is 0 Å². The number of hydrogen-bond acceptors (Lipinski definition) is 5. The lowest BCUT2D eigenvalue weighted by molar-refractivity contribution is 0.160. The zero-order valence-corrected chi connectivity index (χ0v) is 22.2. The van der Waals surface area contributed by atoms with Gasteiger partial charge in [0.25, 0.3) is 0 Å². The van der Waals surface area contributed by atoms with Gasteiger partial charge in [-0.2, -0.15) is 0 Å². The van der Waals surface area contributed by atoms with Gasteiger partial charge in [0.15, 0.2) is 0 Å². The Morgan fingerprint density at radius 2 is 1.76 bits per heavy atom. The highest BCUT2D eigenvalue weighted by atomic mass is 79.9. The third kappa shape index (κ3) is 5.49. The van der Waals surface area contributed by atoms with Gasteiger partial charge < -0.3 is 15.1 Å². The van der Waals surface area contributed by atoms with E-state index in [4.69, 9.17) is 0 Å². The summed E-state index contributed by atoms with van der Waals surface area (Å²) in [4.78, 5) is 11.8. The summed E-state index contributed by atoms with van der Waals surface area (Å²) in [7, 11) is 0. The first-order chi connectivity index (χ1) is 16.6. The minimum absolute atomic E-state index is 0.504. The van der Waals surface area contributed by atoms with Gasteiger partial charge in [-0.1, -0.05) is 39.1 Å². The Balaban J connectivity index is 0.00000133. The summed E-state index contributed by atoms with van der Waals surface area (Å²) in [6.45, 7) is 18.3. The van der Waals surface area contributed by atoms with E-state index in [0.29, 0.717) is 12.0 Å².